The number of rotatable bonds is 19. The number of ether oxygens (including phenoxy) is 2. The Bertz CT molecular complexity index is 2210. The van der Waals surface area contributed by atoms with E-state index < -0.39 is 72.1 Å². The van der Waals surface area contributed by atoms with Crippen LogP contribution in [0.25, 0.3) is 0 Å². The van der Waals surface area contributed by atoms with Crippen molar-refractivity contribution < 1.29 is 38.2 Å². The molecule has 2 saturated heterocycles. The molecule has 0 radical (unpaired) electrons. The van der Waals surface area contributed by atoms with Crippen LogP contribution in [0.2, 0.25) is 0 Å². The monoisotopic (exact) mass is 937 g/mol. The number of aryl methyl sites for hydroxylation is 2. The third-order valence-electron chi connectivity index (χ3n) is 14.0. The number of benzene rings is 2. The van der Waals surface area contributed by atoms with Crippen LogP contribution in [-0.2, 0) is 51.1 Å². The average Bonchev–Trinajstić information content (AvgIpc) is 4.06. The molecule has 0 bridgehead atoms. The third-order valence-corrected chi connectivity index (χ3v) is 14.0. The zero-order chi connectivity index (χ0) is 48.9. The van der Waals surface area contributed by atoms with Gasteiger partial charge in [-0.1, -0.05) is 67.0 Å². The Morgan fingerprint density at radius 1 is 0.647 bits per heavy atom. The Morgan fingerprint density at radius 3 is 1.54 bits per heavy atom. The predicted octanol–water partition coefficient (Wildman–Crippen LogP) is 2.91. The standard InChI is InChI=1S/C52H72N8O8/c1-32(31-68-36(5)46(58-48(62)34(3)54-7)52(66)60-29-15-27-44(60)50(64)56-42-25-13-21-38-19-9-11-23-40(38)42)17-16-30-67-35(4)45(57-47(61)33(2)53-6)51(65)59-28-14-26-43(59)49(63)55-41-24-12-20-37-18-8-10-22-39(37)41/h8-11,18-19,22-23,33-36,41-46,53-54H,1,12-15,20-21,24-31H2,2-7H3,(H,55,63)(H,56,64)(H,57,61)(H,58,62)/t33-,34-,35+,36+,41+,42+,43-,44-,45-,46-/m0/s1. The molecule has 6 amide bonds. The molecular formula is C52H72N8O8. The van der Waals surface area contributed by atoms with E-state index in [2.05, 4.69) is 62.5 Å². The van der Waals surface area contributed by atoms with Crippen molar-refractivity contribution >= 4 is 35.4 Å². The van der Waals surface area contributed by atoms with Gasteiger partial charge in [0.1, 0.15) is 30.8 Å². The molecule has 0 aromatic heterocycles. The molecule has 6 rings (SSSR count). The molecule has 2 aliphatic heterocycles. The lowest BCUT2D eigenvalue weighted by Crippen LogP contribution is -2.59. The van der Waals surface area contributed by atoms with Crippen LogP contribution in [0.1, 0.15) is 113 Å². The largest absolute Gasteiger partial charge is 0.370 e. The summed E-state index contributed by atoms with van der Waals surface area (Å²) in [5, 5.41) is 18.0. The molecule has 4 aliphatic rings. The van der Waals surface area contributed by atoms with Gasteiger partial charge in [0.25, 0.3) is 0 Å². The Hall–Kier alpha value is -5.60. The second kappa shape index (κ2) is 24.6. The smallest absolute Gasteiger partial charge is 0.248 e. The van der Waals surface area contributed by atoms with Gasteiger partial charge in [0, 0.05) is 18.7 Å². The quantitative estimate of drug-likeness (QED) is 0.114. The fourth-order valence-electron chi connectivity index (χ4n) is 9.68. The van der Waals surface area contributed by atoms with Gasteiger partial charge in [-0.3, -0.25) is 28.8 Å². The Balaban J connectivity index is 1.05. The van der Waals surface area contributed by atoms with Gasteiger partial charge in [-0.05, 0) is 128 Å². The number of amides is 6. The summed E-state index contributed by atoms with van der Waals surface area (Å²) in [6.07, 6.45) is 6.13. The number of carbonyl (C=O) groups is 6. The van der Waals surface area contributed by atoms with E-state index in [9.17, 15) is 28.8 Å². The van der Waals surface area contributed by atoms with Crippen molar-refractivity contribution in [3.05, 3.63) is 82.9 Å². The first-order valence-electron chi connectivity index (χ1n) is 24.4. The van der Waals surface area contributed by atoms with Crippen molar-refractivity contribution in [1.82, 2.24) is 41.7 Å². The van der Waals surface area contributed by atoms with Gasteiger partial charge in [0.05, 0.1) is 43.0 Å². The lowest BCUT2D eigenvalue weighted by molar-refractivity contribution is -0.145. The van der Waals surface area contributed by atoms with Crippen LogP contribution in [0.15, 0.2) is 60.7 Å². The second-order valence-corrected chi connectivity index (χ2v) is 18.6. The highest BCUT2D eigenvalue weighted by molar-refractivity contribution is 5.95. The number of likely N-dealkylation sites (N-methyl/N-ethyl adjacent to an activating group) is 2. The van der Waals surface area contributed by atoms with Crippen molar-refractivity contribution in [3.63, 3.8) is 0 Å². The van der Waals surface area contributed by atoms with Gasteiger partial charge in [0.2, 0.25) is 35.4 Å². The summed E-state index contributed by atoms with van der Waals surface area (Å²) in [4.78, 5) is 85.7. The van der Waals surface area contributed by atoms with Crippen LogP contribution in [0.4, 0.5) is 0 Å². The van der Waals surface area contributed by atoms with E-state index in [1.54, 1.807) is 51.6 Å². The lowest BCUT2D eigenvalue weighted by Gasteiger charge is -2.33. The van der Waals surface area contributed by atoms with E-state index in [1.165, 1.54) is 11.1 Å². The van der Waals surface area contributed by atoms with Gasteiger partial charge in [0.15, 0.2) is 0 Å². The van der Waals surface area contributed by atoms with E-state index in [-0.39, 0.29) is 37.1 Å². The van der Waals surface area contributed by atoms with Crippen LogP contribution >= 0.6 is 0 Å². The van der Waals surface area contributed by atoms with Gasteiger partial charge >= 0.3 is 0 Å². The van der Waals surface area contributed by atoms with Crippen molar-refractivity contribution in [2.45, 2.75) is 152 Å². The fourth-order valence-corrected chi connectivity index (χ4v) is 9.68. The molecule has 0 spiro atoms. The van der Waals surface area contributed by atoms with Crippen LogP contribution in [-0.4, -0.2) is 134 Å². The topological polar surface area (TPSA) is 200 Å². The van der Waals surface area contributed by atoms with E-state index in [4.69, 9.17) is 9.47 Å². The minimum atomic E-state index is -1.10. The summed E-state index contributed by atoms with van der Waals surface area (Å²) in [5.74, 6) is 3.81. The molecule has 368 valence electrons. The molecule has 6 N–H and O–H groups in total. The summed E-state index contributed by atoms with van der Waals surface area (Å²) in [6, 6.07) is 11.2. The van der Waals surface area contributed by atoms with Gasteiger partial charge in [-0.15, -0.1) is 0 Å². The Labute approximate surface area is 401 Å². The molecule has 2 fully saturated rings. The molecule has 2 heterocycles. The molecule has 16 heteroatoms. The zero-order valence-corrected chi connectivity index (χ0v) is 40.7. The first kappa shape index (κ1) is 51.8. The molecule has 10 atom stereocenters. The van der Waals surface area contributed by atoms with Crippen molar-refractivity contribution in [2.75, 3.05) is 40.4 Å². The molecular weight excluding hydrogens is 865 g/mol. The fraction of sp³-hybridized carbons (Fsp3) is 0.577. The van der Waals surface area contributed by atoms with Gasteiger partial charge in [-0.2, -0.15) is 0 Å². The number of nitrogens with one attached hydrogen (secondary N) is 6. The number of nitrogens with zero attached hydrogens (tertiary/aromatic N) is 2. The van der Waals surface area contributed by atoms with E-state index in [1.807, 2.05) is 36.4 Å². The maximum Gasteiger partial charge on any atom is 0.248 e. The first-order chi connectivity index (χ1) is 32.7. The van der Waals surface area contributed by atoms with Gasteiger partial charge in [-0.25, -0.2) is 0 Å². The number of likely N-dealkylation sites (tertiary alicyclic amines) is 2. The average molecular weight is 937 g/mol. The van der Waals surface area contributed by atoms with Crippen LogP contribution in [0.3, 0.4) is 0 Å². The normalized spacial score (nSPS) is 22.4. The van der Waals surface area contributed by atoms with E-state index in [0.29, 0.717) is 44.3 Å². The Morgan fingerprint density at radius 2 is 1.09 bits per heavy atom. The highest BCUT2D eigenvalue weighted by Gasteiger charge is 2.43. The highest BCUT2D eigenvalue weighted by Crippen LogP contribution is 2.32. The number of fused-ring (bicyclic) bond motifs is 2. The SMILES string of the molecule is C=C(C#CCO[C@H](C)[C@H](NC(=O)[C@H](C)NC)C(=O)N1CCC[C@H]1C(=O)N[C@@H]1CCCc2ccccc21)CO[C@H](C)[C@H](NC(=O)[C@H](C)NC)C(=O)N1CCC[C@H]1C(=O)N[C@@H]1CCCc2ccccc21. The molecule has 2 aromatic rings. The second-order valence-electron chi connectivity index (χ2n) is 18.6. The molecule has 0 unspecified atom stereocenters. The minimum absolute atomic E-state index is 0.0696. The maximum atomic E-state index is 14.3. The van der Waals surface area contributed by atoms with Crippen LogP contribution < -0.4 is 31.9 Å². The molecule has 2 aromatic carbocycles. The summed E-state index contributed by atoms with van der Waals surface area (Å²) >= 11 is 0. The summed E-state index contributed by atoms with van der Waals surface area (Å²) < 4.78 is 12.2. The zero-order valence-electron chi connectivity index (χ0n) is 40.7. The number of hydrogen-bond donors (Lipinski definition) is 6. The van der Waals surface area contributed by atoms with Crippen LogP contribution in [0, 0.1) is 11.8 Å². The molecule has 16 nitrogen and oxygen atoms in total. The van der Waals surface area contributed by atoms with E-state index >= 15 is 0 Å². The highest BCUT2D eigenvalue weighted by atomic mass is 16.5. The Kier molecular flexibility index (Phi) is 18.7. The molecule has 0 saturated carbocycles. The van der Waals surface area contributed by atoms with Crippen LogP contribution in [0.5, 0.6) is 0 Å². The van der Waals surface area contributed by atoms with Gasteiger partial charge < -0.3 is 51.2 Å². The van der Waals surface area contributed by atoms with E-state index in [0.717, 1.165) is 49.7 Å². The van der Waals surface area contributed by atoms with Crippen molar-refractivity contribution in [2.24, 2.45) is 0 Å². The number of carbonyl (C=O) groups excluding carboxylic acids is 6. The summed E-state index contributed by atoms with van der Waals surface area (Å²) in [5.41, 5.74) is 5.04. The van der Waals surface area contributed by atoms with Crippen molar-refractivity contribution in [3.8, 4) is 11.8 Å². The minimum Gasteiger partial charge on any atom is -0.370 e. The number of hydrogen-bond acceptors (Lipinski definition) is 10. The lowest BCUT2D eigenvalue weighted by atomic mass is 9.87. The predicted molar refractivity (Wildman–Crippen MR) is 259 cm³/mol. The molecule has 2 aliphatic carbocycles. The summed E-state index contributed by atoms with van der Waals surface area (Å²) in [7, 11) is 3.30. The maximum absolute atomic E-state index is 14.3. The third kappa shape index (κ3) is 12.9. The summed E-state index contributed by atoms with van der Waals surface area (Å²) in [6.45, 7) is 11.3. The first-order valence-corrected chi connectivity index (χ1v) is 24.4. The molecule has 68 heavy (non-hydrogen) atoms. The van der Waals surface area contributed by atoms with Crippen molar-refractivity contribution in [1.29, 1.82) is 0 Å².